The second-order valence-corrected chi connectivity index (χ2v) is 4.66. The molecule has 1 unspecified atom stereocenters. The van der Waals surface area contributed by atoms with Gasteiger partial charge in [-0.3, -0.25) is 0 Å². The van der Waals surface area contributed by atoms with Crippen molar-refractivity contribution in [3.8, 4) is 5.75 Å². The van der Waals surface area contributed by atoms with Crippen LogP contribution in [0, 0.1) is 0 Å². The molecule has 1 atom stereocenters. The van der Waals surface area contributed by atoms with Gasteiger partial charge < -0.3 is 10.5 Å². The molecule has 0 fully saturated rings. The summed E-state index contributed by atoms with van der Waals surface area (Å²) < 4.78 is 5.31. The van der Waals surface area contributed by atoms with Gasteiger partial charge in [-0.25, -0.2) is 0 Å². The first kappa shape index (κ1) is 11.2. The summed E-state index contributed by atoms with van der Waals surface area (Å²) in [5.74, 6) is 0.867. The van der Waals surface area contributed by atoms with Crippen LogP contribution in [-0.2, 0) is 6.42 Å². The van der Waals surface area contributed by atoms with Gasteiger partial charge in [-0.05, 0) is 17.5 Å². The SMILES string of the molecule is COc1ccccc1C(N)Cc1cccs1. The average molecular weight is 233 g/mol. The van der Waals surface area contributed by atoms with E-state index in [4.69, 9.17) is 10.5 Å². The summed E-state index contributed by atoms with van der Waals surface area (Å²) >= 11 is 1.74. The third-order valence-corrected chi connectivity index (χ3v) is 3.44. The largest absolute Gasteiger partial charge is 0.496 e. The zero-order valence-corrected chi connectivity index (χ0v) is 10.0. The molecule has 1 heterocycles. The van der Waals surface area contributed by atoms with Gasteiger partial charge in [-0.1, -0.05) is 24.3 Å². The van der Waals surface area contributed by atoms with E-state index in [-0.39, 0.29) is 6.04 Å². The van der Waals surface area contributed by atoms with Crippen LogP contribution in [0.2, 0.25) is 0 Å². The van der Waals surface area contributed by atoms with Crippen LogP contribution in [0.25, 0.3) is 0 Å². The first-order valence-electron chi connectivity index (χ1n) is 5.22. The molecule has 0 bridgehead atoms. The molecular formula is C13H15NOS. The highest BCUT2D eigenvalue weighted by Gasteiger charge is 2.12. The molecule has 1 aromatic heterocycles. The number of para-hydroxylation sites is 1. The lowest BCUT2D eigenvalue weighted by Gasteiger charge is -2.14. The molecule has 2 nitrogen and oxygen atoms in total. The van der Waals surface area contributed by atoms with Gasteiger partial charge in [0.1, 0.15) is 5.75 Å². The van der Waals surface area contributed by atoms with E-state index in [0.29, 0.717) is 0 Å². The molecule has 0 radical (unpaired) electrons. The maximum absolute atomic E-state index is 6.19. The van der Waals surface area contributed by atoms with E-state index >= 15 is 0 Å². The quantitative estimate of drug-likeness (QED) is 0.881. The fourth-order valence-electron chi connectivity index (χ4n) is 1.73. The van der Waals surface area contributed by atoms with Crippen LogP contribution in [0.15, 0.2) is 41.8 Å². The molecule has 0 aliphatic carbocycles. The Bertz CT molecular complexity index is 439. The Morgan fingerprint density at radius 1 is 1.25 bits per heavy atom. The second-order valence-electron chi connectivity index (χ2n) is 3.63. The zero-order chi connectivity index (χ0) is 11.4. The zero-order valence-electron chi connectivity index (χ0n) is 9.22. The van der Waals surface area contributed by atoms with Crippen LogP contribution in [0.3, 0.4) is 0 Å². The van der Waals surface area contributed by atoms with Crippen LogP contribution >= 0.6 is 11.3 Å². The second kappa shape index (κ2) is 5.14. The lowest BCUT2D eigenvalue weighted by Crippen LogP contribution is -2.13. The molecule has 0 amide bonds. The smallest absolute Gasteiger partial charge is 0.123 e. The van der Waals surface area contributed by atoms with E-state index < -0.39 is 0 Å². The van der Waals surface area contributed by atoms with Crippen molar-refractivity contribution >= 4 is 11.3 Å². The van der Waals surface area contributed by atoms with Crippen molar-refractivity contribution in [1.29, 1.82) is 0 Å². The van der Waals surface area contributed by atoms with E-state index in [1.54, 1.807) is 18.4 Å². The molecule has 3 heteroatoms. The van der Waals surface area contributed by atoms with E-state index in [2.05, 4.69) is 17.5 Å². The van der Waals surface area contributed by atoms with E-state index in [1.165, 1.54) is 4.88 Å². The van der Waals surface area contributed by atoms with Crippen LogP contribution < -0.4 is 10.5 Å². The van der Waals surface area contributed by atoms with E-state index in [0.717, 1.165) is 17.7 Å². The summed E-state index contributed by atoms with van der Waals surface area (Å²) in [6.45, 7) is 0. The topological polar surface area (TPSA) is 35.2 Å². The molecule has 0 aliphatic heterocycles. The molecule has 0 saturated heterocycles. The van der Waals surface area contributed by atoms with Crippen molar-refractivity contribution < 1.29 is 4.74 Å². The first-order chi connectivity index (χ1) is 7.81. The van der Waals surface area contributed by atoms with E-state index in [1.807, 2.05) is 24.3 Å². The molecule has 0 spiro atoms. The summed E-state index contributed by atoms with van der Waals surface area (Å²) in [6.07, 6.45) is 0.859. The van der Waals surface area contributed by atoms with Crippen molar-refractivity contribution in [3.05, 3.63) is 52.2 Å². The fraction of sp³-hybridized carbons (Fsp3) is 0.231. The van der Waals surface area contributed by atoms with Gasteiger partial charge in [0.05, 0.1) is 7.11 Å². The summed E-state index contributed by atoms with van der Waals surface area (Å²) in [4.78, 5) is 1.30. The van der Waals surface area contributed by atoms with Gasteiger partial charge in [0, 0.05) is 22.9 Å². The van der Waals surface area contributed by atoms with Gasteiger partial charge >= 0.3 is 0 Å². The Morgan fingerprint density at radius 3 is 2.75 bits per heavy atom. The molecule has 1 aromatic carbocycles. The van der Waals surface area contributed by atoms with Crippen LogP contribution in [0.5, 0.6) is 5.75 Å². The van der Waals surface area contributed by atoms with Crippen LogP contribution in [0.1, 0.15) is 16.5 Å². The van der Waals surface area contributed by atoms with Gasteiger partial charge in [-0.2, -0.15) is 0 Å². The minimum Gasteiger partial charge on any atom is -0.496 e. The van der Waals surface area contributed by atoms with Crippen molar-refractivity contribution in [1.82, 2.24) is 0 Å². The number of thiophene rings is 1. The number of rotatable bonds is 4. The average Bonchev–Trinajstić information content (AvgIpc) is 2.81. The standard InChI is InChI=1S/C13H15NOS/c1-15-13-7-3-2-6-11(13)12(14)9-10-5-4-8-16-10/h2-8,12H,9,14H2,1H3. The summed E-state index contributed by atoms with van der Waals surface area (Å²) in [7, 11) is 1.68. The third kappa shape index (κ3) is 2.43. The Balaban J connectivity index is 2.17. The van der Waals surface area contributed by atoms with Gasteiger partial charge in [-0.15, -0.1) is 11.3 Å². The predicted molar refractivity (Wildman–Crippen MR) is 67.9 cm³/mol. The van der Waals surface area contributed by atoms with Crippen molar-refractivity contribution in [2.24, 2.45) is 5.73 Å². The van der Waals surface area contributed by atoms with Gasteiger partial charge in [0.2, 0.25) is 0 Å². The fourth-order valence-corrected chi connectivity index (χ4v) is 2.49. The number of hydrogen-bond donors (Lipinski definition) is 1. The minimum absolute atomic E-state index is 0.00481. The number of hydrogen-bond acceptors (Lipinski definition) is 3. The lowest BCUT2D eigenvalue weighted by atomic mass is 10.0. The maximum Gasteiger partial charge on any atom is 0.123 e. The minimum atomic E-state index is -0.00481. The van der Waals surface area contributed by atoms with Gasteiger partial charge in [0.15, 0.2) is 0 Å². The first-order valence-corrected chi connectivity index (χ1v) is 6.10. The Labute approximate surface area is 99.7 Å². The summed E-state index contributed by atoms with van der Waals surface area (Å²) in [5.41, 5.74) is 7.26. The van der Waals surface area contributed by atoms with Crippen LogP contribution in [-0.4, -0.2) is 7.11 Å². The molecular weight excluding hydrogens is 218 g/mol. The molecule has 2 N–H and O–H groups in total. The highest BCUT2D eigenvalue weighted by atomic mass is 32.1. The Morgan fingerprint density at radius 2 is 2.06 bits per heavy atom. The Kier molecular flexibility index (Phi) is 3.59. The number of methoxy groups -OCH3 is 1. The highest BCUT2D eigenvalue weighted by Crippen LogP contribution is 2.26. The lowest BCUT2D eigenvalue weighted by molar-refractivity contribution is 0.405. The predicted octanol–water partition coefficient (Wildman–Crippen LogP) is 3.00. The number of ether oxygens (including phenoxy) is 1. The normalized spacial score (nSPS) is 12.4. The van der Waals surface area contributed by atoms with E-state index in [9.17, 15) is 0 Å². The van der Waals surface area contributed by atoms with Crippen molar-refractivity contribution in [3.63, 3.8) is 0 Å². The van der Waals surface area contributed by atoms with Crippen molar-refractivity contribution in [2.45, 2.75) is 12.5 Å². The third-order valence-electron chi connectivity index (χ3n) is 2.54. The number of nitrogens with two attached hydrogens (primary N) is 1. The molecule has 0 aliphatic rings. The summed E-state index contributed by atoms with van der Waals surface area (Å²) in [6, 6.07) is 12.1. The maximum atomic E-state index is 6.19. The van der Waals surface area contributed by atoms with Crippen molar-refractivity contribution in [2.75, 3.05) is 7.11 Å². The number of benzene rings is 1. The Hall–Kier alpha value is -1.32. The molecule has 16 heavy (non-hydrogen) atoms. The molecule has 2 aromatic rings. The van der Waals surface area contributed by atoms with Gasteiger partial charge in [0.25, 0.3) is 0 Å². The summed E-state index contributed by atoms with van der Waals surface area (Å²) in [5, 5.41) is 2.07. The molecule has 84 valence electrons. The highest BCUT2D eigenvalue weighted by molar-refractivity contribution is 7.09. The molecule has 2 rings (SSSR count). The van der Waals surface area contributed by atoms with Crippen LogP contribution in [0.4, 0.5) is 0 Å². The monoisotopic (exact) mass is 233 g/mol. The molecule has 0 saturated carbocycles.